The molecule has 122 valence electrons. The lowest BCUT2D eigenvalue weighted by Gasteiger charge is -2.09. The van der Waals surface area contributed by atoms with Gasteiger partial charge in [0.15, 0.2) is 0 Å². The second-order valence-corrected chi connectivity index (χ2v) is 5.15. The standard InChI is InChI=1S/C19H19N3O2/c1-14(12-15-8-4-2-5-9-15)13-17(19(24)22-20)21-18(23)16-10-6-3-7-11-16/h2-13H,20H2,1H3,(H,21,23)(H,22,24). The molecule has 5 nitrogen and oxygen atoms in total. The van der Waals surface area contributed by atoms with Gasteiger partial charge in [-0.15, -0.1) is 0 Å². The van der Waals surface area contributed by atoms with Gasteiger partial charge in [0.1, 0.15) is 5.70 Å². The summed E-state index contributed by atoms with van der Waals surface area (Å²) in [5.74, 6) is 4.26. The van der Waals surface area contributed by atoms with Gasteiger partial charge < -0.3 is 5.32 Å². The summed E-state index contributed by atoms with van der Waals surface area (Å²) in [5.41, 5.74) is 4.37. The van der Waals surface area contributed by atoms with Gasteiger partial charge in [0.25, 0.3) is 11.8 Å². The third kappa shape index (κ3) is 4.93. The minimum Gasteiger partial charge on any atom is -0.317 e. The van der Waals surface area contributed by atoms with Gasteiger partial charge in [-0.1, -0.05) is 54.6 Å². The van der Waals surface area contributed by atoms with E-state index in [2.05, 4.69) is 5.32 Å². The minimum atomic E-state index is -0.569. The fraction of sp³-hybridized carbons (Fsp3) is 0.0526. The summed E-state index contributed by atoms with van der Waals surface area (Å²) < 4.78 is 0. The molecule has 24 heavy (non-hydrogen) atoms. The molecule has 4 N–H and O–H groups in total. The van der Waals surface area contributed by atoms with Gasteiger partial charge in [-0.05, 0) is 36.3 Å². The van der Waals surface area contributed by atoms with E-state index in [9.17, 15) is 9.59 Å². The maximum Gasteiger partial charge on any atom is 0.281 e. The average Bonchev–Trinajstić information content (AvgIpc) is 2.62. The van der Waals surface area contributed by atoms with Crippen molar-refractivity contribution in [2.75, 3.05) is 0 Å². The minimum absolute atomic E-state index is 0.0797. The van der Waals surface area contributed by atoms with E-state index in [0.29, 0.717) is 5.56 Å². The second-order valence-electron chi connectivity index (χ2n) is 5.15. The van der Waals surface area contributed by atoms with Gasteiger partial charge in [0, 0.05) is 5.56 Å². The van der Waals surface area contributed by atoms with E-state index >= 15 is 0 Å². The highest BCUT2D eigenvalue weighted by atomic mass is 16.2. The Morgan fingerprint density at radius 2 is 1.54 bits per heavy atom. The first-order chi connectivity index (χ1) is 11.6. The van der Waals surface area contributed by atoms with Crippen molar-refractivity contribution in [3.8, 4) is 0 Å². The number of nitrogens with one attached hydrogen (secondary N) is 2. The Morgan fingerprint density at radius 1 is 0.958 bits per heavy atom. The zero-order valence-electron chi connectivity index (χ0n) is 13.3. The van der Waals surface area contributed by atoms with Crippen molar-refractivity contribution in [2.24, 2.45) is 5.84 Å². The quantitative estimate of drug-likeness (QED) is 0.260. The van der Waals surface area contributed by atoms with E-state index in [1.54, 1.807) is 30.3 Å². The van der Waals surface area contributed by atoms with Crippen LogP contribution in [0.4, 0.5) is 0 Å². The summed E-state index contributed by atoms with van der Waals surface area (Å²) in [6.07, 6.45) is 3.48. The molecule has 0 saturated carbocycles. The molecule has 2 rings (SSSR count). The van der Waals surface area contributed by atoms with Crippen LogP contribution in [-0.2, 0) is 4.79 Å². The first kappa shape index (κ1) is 17.2. The fourth-order valence-corrected chi connectivity index (χ4v) is 2.10. The van der Waals surface area contributed by atoms with Crippen LogP contribution in [0.1, 0.15) is 22.8 Å². The molecule has 0 heterocycles. The molecule has 5 heteroatoms. The molecule has 0 aliphatic heterocycles. The van der Waals surface area contributed by atoms with Crippen LogP contribution >= 0.6 is 0 Å². The third-order valence-corrected chi connectivity index (χ3v) is 3.23. The first-order valence-electron chi connectivity index (χ1n) is 7.42. The molecule has 2 amide bonds. The number of hydrogen-bond donors (Lipinski definition) is 3. The summed E-state index contributed by atoms with van der Waals surface area (Å²) in [5, 5.41) is 2.59. The van der Waals surface area contributed by atoms with Gasteiger partial charge in [-0.3, -0.25) is 15.0 Å². The predicted molar refractivity (Wildman–Crippen MR) is 94.4 cm³/mol. The number of hydrogen-bond acceptors (Lipinski definition) is 3. The number of amides is 2. The van der Waals surface area contributed by atoms with Gasteiger partial charge in [0.2, 0.25) is 0 Å². The first-order valence-corrected chi connectivity index (χ1v) is 7.42. The van der Waals surface area contributed by atoms with Crippen molar-refractivity contribution in [1.29, 1.82) is 0 Å². The van der Waals surface area contributed by atoms with Crippen LogP contribution in [0, 0.1) is 0 Å². The topological polar surface area (TPSA) is 84.2 Å². The van der Waals surface area contributed by atoms with Crippen molar-refractivity contribution < 1.29 is 9.59 Å². The van der Waals surface area contributed by atoms with Crippen LogP contribution in [0.25, 0.3) is 6.08 Å². The fourth-order valence-electron chi connectivity index (χ4n) is 2.10. The molecule has 0 unspecified atom stereocenters. The van der Waals surface area contributed by atoms with E-state index < -0.39 is 5.91 Å². The van der Waals surface area contributed by atoms with Gasteiger partial charge >= 0.3 is 0 Å². The zero-order valence-corrected chi connectivity index (χ0v) is 13.3. The number of benzene rings is 2. The summed E-state index contributed by atoms with van der Waals surface area (Å²) in [4.78, 5) is 24.1. The average molecular weight is 321 g/mol. The summed E-state index contributed by atoms with van der Waals surface area (Å²) >= 11 is 0. The molecule has 0 aromatic heterocycles. The molecule has 0 atom stereocenters. The molecule has 0 fully saturated rings. The number of carbonyl (C=O) groups is 2. The maximum absolute atomic E-state index is 12.2. The predicted octanol–water partition coefficient (Wildman–Crippen LogP) is 2.39. The molecule has 0 aliphatic rings. The van der Waals surface area contributed by atoms with Crippen LogP contribution in [0.5, 0.6) is 0 Å². The highest BCUT2D eigenvalue weighted by Gasteiger charge is 2.13. The van der Waals surface area contributed by atoms with Gasteiger partial charge in [-0.25, -0.2) is 5.84 Å². The highest BCUT2D eigenvalue weighted by Crippen LogP contribution is 2.09. The Bertz CT molecular complexity index is 766. The van der Waals surface area contributed by atoms with Crippen molar-refractivity contribution in [2.45, 2.75) is 6.92 Å². The molecular formula is C19H19N3O2. The Kier molecular flexibility index (Phi) is 6.05. The summed E-state index contributed by atoms with van der Waals surface area (Å²) in [6, 6.07) is 18.3. The van der Waals surface area contributed by atoms with E-state index in [-0.39, 0.29) is 11.6 Å². The normalized spacial score (nSPS) is 11.8. The SMILES string of the molecule is CC(=Cc1ccccc1)C=C(NC(=O)c1ccccc1)C(=O)NN. The molecule has 0 spiro atoms. The Hall–Kier alpha value is -3.18. The summed E-state index contributed by atoms with van der Waals surface area (Å²) in [6.45, 7) is 1.84. The Morgan fingerprint density at radius 3 is 2.12 bits per heavy atom. The molecule has 0 saturated heterocycles. The Labute approximate surface area is 140 Å². The smallest absolute Gasteiger partial charge is 0.281 e. The van der Waals surface area contributed by atoms with Crippen molar-refractivity contribution in [3.63, 3.8) is 0 Å². The molecular weight excluding hydrogens is 302 g/mol. The van der Waals surface area contributed by atoms with Crippen LogP contribution in [0.15, 0.2) is 78.0 Å². The molecule has 0 radical (unpaired) electrons. The lowest BCUT2D eigenvalue weighted by atomic mass is 10.1. The van der Waals surface area contributed by atoms with E-state index in [1.807, 2.05) is 54.8 Å². The van der Waals surface area contributed by atoms with E-state index in [1.165, 1.54) is 0 Å². The molecule has 0 bridgehead atoms. The highest BCUT2D eigenvalue weighted by molar-refractivity contribution is 6.02. The van der Waals surface area contributed by atoms with Gasteiger partial charge in [0.05, 0.1) is 0 Å². The number of nitrogens with two attached hydrogens (primary N) is 1. The van der Waals surface area contributed by atoms with Crippen LogP contribution in [0.2, 0.25) is 0 Å². The molecule has 2 aromatic carbocycles. The van der Waals surface area contributed by atoms with Crippen molar-refractivity contribution >= 4 is 17.9 Å². The lowest BCUT2D eigenvalue weighted by molar-refractivity contribution is -0.117. The number of rotatable bonds is 5. The molecule has 2 aromatic rings. The van der Waals surface area contributed by atoms with Crippen LogP contribution in [-0.4, -0.2) is 11.8 Å². The van der Waals surface area contributed by atoms with Crippen molar-refractivity contribution in [1.82, 2.24) is 10.7 Å². The zero-order chi connectivity index (χ0) is 17.4. The van der Waals surface area contributed by atoms with Crippen LogP contribution in [0.3, 0.4) is 0 Å². The van der Waals surface area contributed by atoms with E-state index in [4.69, 9.17) is 5.84 Å². The lowest BCUT2D eigenvalue weighted by Crippen LogP contribution is -2.38. The maximum atomic E-state index is 12.2. The number of carbonyl (C=O) groups excluding carboxylic acids is 2. The summed E-state index contributed by atoms with van der Waals surface area (Å²) in [7, 11) is 0. The largest absolute Gasteiger partial charge is 0.317 e. The number of hydrazine groups is 1. The Balaban J connectivity index is 2.23. The van der Waals surface area contributed by atoms with Gasteiger partial charge in [-0.2, -0.15) is 0 Å². The molecule has 0 aliphatic carbocycles. The van der Waals surface area contributed by atoms with Crippen LogP contribution < -0.4 is 16.6 Å². The third-order valence-electron chi connectivity index (χ3n) is 3.23. The van der Waals surface area contributed by atoms with Crippen molar-refractivity contribution in [3.05, 3.63) is 89.1 Å². The van der Waals surface area contributed by atoms with E-state index in [0.717, 1.165) is 11.1 Å². The monoisotopic (exact) mass is 321 g/mol. The number of allylic oxidation sites excluding steroid dienone is 2. The second kappa shape index (κ2) is 8.45.